The SMILES string of the molecule is CC(=N\C([Si](C)(C)C)[Si](C)(C)C)/C(C)=N/C([Si](C)(C)C)[Si](C)(C)C. The normalized spacial score (nSPS) is 16.3. The number of rotatable bonds is 7. The van der Waals surface area contributed by atoms with Gasteiger partial charge in [0.1, 0.15) is 0 Å². The third-order valence-corrected chi connectivity index (χ3v) is 21.9. The summed E-state index contributed by atoms with van der Waals surface area (Å²) in [5, 5.41) is 1.12. The molecule has 0 fully saturated rings. The molecule has 0 aromatic heterocycles. The van der Waals surface area contributed by atoms with Crippen LogP contribution in [-0.2, 0) is 0 Å². The zero-order chi connectivity index (χ0) is 19.7. The summed E-state index contributed by atoms with van der Waals surface area (Å²) >= 11 is 0. The Labute approximate surface area is 156 Å². The fourth-order valence-corrected chi connectivity index (χ4v) is 27.1. The van der Waals surface area contributed by atoms with Crippen molar-refractivity contribution >= 4 is 43.7 Å². The first-order chi connectivity index (χ1) is 10.3. The molecule has 0 rings (SSSR count). The Morgan fingerprint density at radius 1 is 0.458 bits per heavy atom. The Morgan fingerprint density at radius 3 is 0.750 bits per heavy atom. The van der Waals surface area contributed by atoms with E-state index >= 15 is 0 Å². The molecule has 6 heteroatoms. The van der Waals surface area contributed by atoms with E-state index in [2.05, 4.69) is 92.4 Å². The van der Waals surface area contributed by atoms with Gasteiger partial charge < -0.3 is 0 Å². The molecule has 0 spiro atoms. The van der Waals surface area contributed by atoms with Crippen LogP contribution in [-0.4, -0.2) is 54.3 Å². The van der Waals surface area contributed by atoms with E-state index in [0.29, 0.717) is 10.6 Å². The standard InChI is InChI=1S/C18H44N2Si4/c1-15(19-17(21(3,4)5)22(6,7)8)16(2)20-18(23(9,10)11)24(12,13)14/h17-18H,1-14H3/b19-15+,20-16+. The zero-order valence-corrected chi connectivity index (χ0v) is 23.0. The second-order valence-electron chi connectivity index (χ2n) is 11.7. The monoisotopic (exact) mass is 400 g/mol. The van der Waals surface area contributed by atoms with E-state index in [1.807, 2.05) is 0 Å². The van der Waals surface area contributed by atoms with E-state index in [9.17, 15) is 0 Å². The Hall–Kier alpha value is 0.208. The van der Waals surface area contributed by atoms with Crippen LogP contribution in [0.2, 0.25) is 78.6 Å². The van der Waals surface area contributed by atoms with Gasteiger partial charge in [0.05, 0.1) is 43.7 Å². The third kappa shape index (κ3) is 7.62. The lowest BCUT2D eigenvalue weighted by Gasteiger charge is -2.37. The van der Waals surface area contributed by atoms with Gasteiger partial charge in [0, 0.05) is 10.6 Å². The Bertz CT molecular complexity index is 409. The summed E-state index contributed by atoms with van der Waals surface area (Å²) in [6, 6.07) is 0. The van der Waals surface area contributed by atoms with Crippen molar-refractivity contribution in [1.82, 2.24) is 0 Å². The van der Waals surface area contributed by atoms with E-state index in [-0.39, 0.29) is 0 Å². The Morgan fingerprint density at radius 2 is 0.625 bits per heavy atom. The minimum Gasteiger partial charge on any atom is -0.291 e. The molecular formula is C18H44N2Si4. The van der Waals surface area contributed by atoms with Crippen LogP contribution in [0.3, 0.4) is 0 Å². The molecule has 0 saturated heterocycles. The topological polar surface area (TPSA) is 24.7 Å². The largest absolute Gasteiger partial charge is 0.291 e. The van der Waals surface area contributed by atoms with Crippen molar-refractivity contribution in [2.75, 3.05) is 0 Å². The van der Waals surface area contributed by atoms with Crippen molar-refractivity contribution in [3.8, 4) is 0 Å². The van der Waals surface area contributed by atoms with E-state index in [4.69, 9.17) is 9.98 Å². The van der Waals surface area contributed by atoms with Gasteiger partial charge in [0.25, 0.3) is 0 Å². The van der Waals surface area contributed by atoms with Crippen molar-refractivity contribution in [3.05, 3.63) is 0 Å². The molecule has 0 atom stereocenters. The predicted molar refractivity (Wildman–Crippen MR) is 127 cm³/mol. The maximum Gasteiger partial charge on any atom is 0.0694 e. The van der Waals surface area contributed by atoms with Crippen LogP contribution < -0.4 is 0 Å². The van der Waals surface area contributed by atoms with Crippen LogP contribution in [0.1, 0.15) is 13.8 Å². The van der Waals surface area contributed by atoms with E-state index in [1.165, 1.54) is 11.4 Å². The summed E-state index contributed by atoms with van der Waals surface area (Å²) in [5.41, 5.74) is 2.37. The smallest absolute Gasteiger partial charge is 0.0694 e. The summed E-state index contributed by atoms with van der Waals surface area (Å²) in [6.45, 7) is 34.0. The minimum absolute atomic E-state index is 0.562. The van der Waals surface area contributed by atoms with Gasteiger partial charge in [-0.1, -0.05) is 78.6 Å². The summed E-state index contributed by atoms with van der Waals surface area (Å²) in [5.74, 6) is 0. The molecular weight excluding hydrogens is 357 g/mol. The average Bonchev–Trinajstić information content (AvgIpc) is 2.26. The van der Waals surface area contributed by atoms with E-state index < -0.39 is 32.3 Å². The Kier molecular flexibility index (Phi) is 7.91. The van der Waals surface area contributed by atoms with Crippen molar-refractivity contribution in [2.45, 2.75) is 103 Å². The number of hydrogen-bond donors (Lipinski definition) is 0. The highest BCUT2D eigenvalue weighted by Crippen LogP contribution is 2.24. The highest BCUT2D eigenvalue weighted by molar-refractivity contribution is 6.97. The molecule has 0 amide bonds. The summed E-state index contributed by atoms with van der Waals surface area (Å²) < 4.78 is 0. The van der Waals surface area contributed by atoms with E-state index in [1.54, 1.807) is 0 Å². The molecule has 0 N–H and O–H groups in total. The van der Waals surface area contributed by atoms with Crippen LogP contribution in [0.15, 0.2) is 9.98 Å². The van der Waals surface area contributed by atoms with Crippen molar-refractivity contribution in [2.24, 2.45) is 9.98 Å². The molecule has 0 radical (unpaired) electrons. The second kappa shape index (κ2) is 7.84. The van der Waals surface area contributed by atoms with Crippen LogP contribution in [0.4, 0.5) is 0 Å². The highest BCUT2D eigenvalue weighted by atomic mass is 28.4. The fourth-order valence-electron chi connectivity index (χ4n) is 3.95. The van der Waals surface area contributed by atoms with E-state index in [0.717, 1.165) is 0 Å². The Balaban J connectivity index is 5.88. The maximum atomic E-state index is 5.28. The van der Waals surface area contributed by atoms with Gasteiger partial charge in [0.2, 0.25) is 0 Å². The van der Waals surface area contributed by atoms with Crippen molar-refractivity contribution < 1.29 is 0 Å². The van der Waals surface area contributed by atoms with Gasteiger partial charge in [-0.05, 0) is 13.8 Å². The molecule has 0 aromatic rings. The summed E-state index contributed by atoms with van der Waals surface area (Å²) in [6.07, 6.45) is 0. The average molecular weight is 401 g/mol. The number of nitrogens with zero attached hydrogens (tertiary/aromatic N) is 2. The minimum atomic E-state index is -1.31. The lowest BCUT2D eigenvalue weighted by molar-refractivity contribution is 1.10. The molecule has 0 saturated carbocycles. The fraction of sp³-hybridized carbons (Fsp3) is 0.889. The summed E-state index contributed by atoms with van der Waals surface area (Å²) in [4.78, 5) is 10.6. The molecule has 0 aliphatic rings. The highest BCUT2D eigenvalue weighted by Gasteiger charge is 2.39. The molecule has 24 heavy (non-hydrogen) atoms. The molecule has 2 nitrogen and oxygen atoms in total. The van der Waals surface area contributed by atoms with Gasteiger partial charge in [-0.2, -0.15) is 0 Å². The first-order valence-corrected chi connectivity index (χ1v) is 23.7. The van der Waals surface area contributed by atoms with Gasteiger partial charge in [-0.25, -0.2) is 0 Å². The first-order valence-electron chi connectivity index (χ1n) is 9.37. The van der Waals surface area contributed by atoms with Gasteiger partial charge in [-0.3, -0.25) is 9.98 Å². The molecule has 0 bridgehead atoms. The zero-order valence-electron chi connectivity index (χ0n) is 19.0. The maximum absolute atomic E-state index is 5.28. The number of hydrogen-bond acceptors (Lipinski definition) is 2. The van der Waals surface area contributed by atoms with Gasteiger partial charge >= 0.3 is 0 Å². The molecule has 0 aliphatic carbocycles. The van der Waals surface area contributed by atoms with Crippen molar-refractivity contribution in [1.29, 1.82) is 0 Å². The quantitative estimate of drug-likeness (QED) is 0.361. The third-order valence-electron chi connectivity index (χ3n) is 4.45. The molecule has 0 aromatic carbocycles. The predicted octanol–water partition coefficient (Wildman–Crippen LogP) is 6.16. The lowest BCUT2D eigenvalue weighted by atomic mass is 10.3. The molecule has 142 valence electrons. The molecule has 0 unspecified atom stereocenters. The van der Waals surface area contributed by atoms with Crippen LogP contribution in [0.5, 0.6) is 0 Å². The van der Waals surface area contributed by atoms with Gasteiger partial charge in [0.15, 0.2) is 0 Å². The van der Waals surface area contributed by atoms with Crippen LogP contribution in [0.25, 0.3) is 0 Å². The van der Waals surface area contributed by atoms with Crippen LogP contribution in [0, 0.1) is 0 Å². The molecule has 0 heterocycles. The molecule has 0 aliphatic heterocycles. The summed E-state index contributed by atoms with van der Waals surface area (Å²) in [7, 11) is -5.23. The van der Waals surface area contributed by atoms with Crippen molar-refractivity contribution in [3.63, 3.8) is 0 Å². The second-order valence-corrected chi connectivity index (χ2v) is 34.0. The van der Waals surface area contributed by atoms with Crippen LogP contribution >= 0.6 is 0 Å². The number of aliphatic imine (C=N–C) groups is 2. The lowest BCUT2D eigenvalue weighted by Crippen LogP contribution is -2.54. The first kappa shape index (κ1) is 24.2. The van der Waals surface area contributed by atoms with Gasteiger partial charge in [-0.15, -0.1) is 0 Å².